The largest absolute Gasteiger partial charge is 0.480 e. The predicted octanol–water partition coefficient (Wildman–Crippen LogP) is 0.137. The first kappa shape index (κ1) is 13.8. The third-order valence-electron chi connectivity index (χ3n) is 2.32. The summed E-state index contributed by atoms with van der Waals surface area (Å²) >= 11 is 0.856. The van der Waals surface area contributed by atoms with Gasteiger partial charge in [-0.2, -0.15) is 13.4 Å². The summed E-state index contributed by atoms with van der Waals surface area (Å²) in [7, 11) is -4.10. The van der Waals surface area contributed by atoms with Gasteiger partial charge >= 0.3 is 5.97 Å². The molecule has 0 unspecified atom stereocenters. The Morgan fingerprint density at radius 2 is 2.16 bits per heavy atom. The van der Waals surface area contributed by atoms with Gasteiger partial charge in [0.15, 0.2) is 0 Å². The molecule has 1 aromatic carbocycles. The fourth-order valence-corrected chi connectivity index (χ4v) is 3.36. The number of aliphatic carboxylic acids is 1. The number of hydrogen-bond acceptors (Lipinski definition) is 6. The predicted molar refractivity (Wildman–Crippen MR) is 66.8 cm³/mol. The molecular weight excluding hydrogens is 294 g/mol. The van der Waals surface area contributed by atoms with Crippen molar-refractivity contribution in [3.8, 4) is 0 Å². The highest BCUT2D eigenvalue weighted by Gasteiger charge is 2.28. The fourth-order valence-electron chi connectivity index (χ4n) is 1.41. The van der Waals surface area contributed by atoms with Gasteiger partial charge in [0.1, 0.15) is 22.3 Å². The topological polar surface area (TPSA) is 128 Å². The second-order valence-corrected chi connectivity index (χ2v) is 5.79. The van der Waals surface area contributed by atoms with Crippen LogP contribution in [0.15, 0.2) is 31.8 Å². The zero-order valence-electron chi connectivity index (χ0n) is 9.35. The lowest BCUT2D eigenvalue weighted by Gasteiger charge is -2.13. The first-order chi connectivity index (χ1) is 8.95. The van der Waals surface area contributed by atoms with Crippen LogP contribution in [0, 0.1) is 0 Å². The van der Waals surface area contributed by atoms with Gasteiger partial charge in [0, 0.05) is 0 Å². The van der Waals surface area contributed by atoms with Crippen LogP contribution in [0.1, 0.15) is 0 Å². The van der Waals surface area contributed by atoms with Gasteiger partial charge < -0.3 is 10.2 Å². The van der Waals surface area contributed by atoms with Crippen LogP contribution in [0.3, 0.4) is 0 Å². The van der Waals surface area contributed by atoms with Gasteiger partial charge in [-0.1, -0.05) is 6.07 Å². The van der Waals surface area contributed by atoms with E-state index in [9.17, 15) is 13.2 Å². The van der Waals surface area contributed by atoms with Crippen LogP contribution in [0.25, 0.3) is 0 Å². The molecule has 0 radical (unpaired) electrons. The molecule has 3 N–H and O–H groups in total. The summed E-state index contributed by atoms with van der Waals surface area (Å²) in [5.74, 6) is -1.46. The third kappa shape index (κ3) is 2.71. The number of hydrogen-bond donors (Lipinski definition) is 3. The SMILES string of the molecule is O=C(O)[C@H](CO)NS(=O)(=O)c1cccc2c1N=S=N2. The molecule has 0 bridgehead atoms. The average Bonchev–Trinajstić information content (AvgIpc) is 2.83. The Morgan fingerprint density at radius 3 is 2.79 bits per heavy atom. The van der Waals surface area contributed by atoms with E-state index >= 15 is 0 Å². The van der Waals surface area contributed by atoms with E-state index in [0.29, 0.717) is 5.69 Å². The van der Waals surface area contributed by atoms with Crippen LogP contribution in [0.2, 0.25) is 0 Å². The maximum atomic E-state index is 12.1. The molecule has 0 saturated carbocycles. The van der Waals surface area contributed by atoms with E-state index < -0.39 is 28.6 Å². The van der Waals surface area contributed by atoms with Gasteiger partial charge in [0.2, 0.25) is 10.0 Å². The Morgan fingerprint density at radius 1 is 1.42 bits per heavy atom. The minimum Gasteiger partial charge on any atom is -0.480 e. The molecule has 0 fully saturated rings. The molecule has 10 heteroatoms. The van der Waals surface area contributed by atoms with Crippen molar-refractivity contribution in [2.45, 2.75) is 10.9 Å². The number of benzene rings is 1. The van der Waals surface area contributed by atoms with Gasteiger partial charge in [-0.25, -0.2) is 8.42 Å². The van der Waals surface area contributed by atoms with Crippen LogP contribution < -0.4 is 4.72 Å². The standard InChI is InChI=1S/C9H9N3O5S2/c13-4-6(9(14)15)12-19(16,17)7-3-1-2-5-8(7)11-18-10-5/h1-3,6,12-13H,4H2,(H,14,15)/t6-/m0/s1. The number of aliphatic hydroxyl groups is 1. The van der Waals surface area contributed by atoms with E-state index in [1.54, 1.807) is 6.07 Å². The van der Waals surface area contributed by atoms with E-state index in [1.165, 1.54) is 12.1 Å². The van der Waals surface area contributed by atoms with Gasteiger partial charge in [-0.05, 0) is 12.1 Å². The van der Waals surface area contributed by atoms with E-state index in [1.807, 2.05) is 4.72 Å². The fraction of sp³-hybridized carbons (Fsp3) is 0.222. The van der Waals surface area contributed by atoms with Crippen molar-refractivity contribution in [2.75, 3.05) is 6.61 Å². The maximum Gasteiger partial charge on any atom is 0.324 e. The van der Waals surface area contributed by atoms with Gasteiger partial charge in [0.05, 0.1) is 18.0 Å². The highest BCUT2D eigenvalue weighted by molar-refractivity contribution is 7.89. The van der Waals surface area contributed by atoms with Crippen molar-refractivity contribution in [1.29, 1.82) is 0 Å². The van der Waals surface area contributed by atoms with Crippen LogP contribution >= 0.6 is 0 Å². The highest BCUT2D eigenvalue weighted by Crippen LogP contribution is 2.37. The number of nitrogens with zero attached hydrogens (tertiary/aromatic N) is 2. The summed E-state index contributed by atoms with van der Waals surface area (Å²) in [5, 5.41) is 17.6. The van der Waals surface area contributed by atoms with Crippen molar-refractivity contribution >= 4 is 38.7 Å². The van der Waals surface area contributed by atoms with Gasteiger partial charge in [-0.3, -0.25) is 4.79 Å². The molecule has 0 saturated heterocycles. The Hall–Kier alpha value is -1.62. The van der Waals surface area contributed by atoms with Gasteiger partial charge in [0.25, 0.3) is 0 Å². The summed E-state index contributed by atoms with van der Waals surface area (Å²) < 4.78 is 33.8. The number of carboxylic acid groups (broad SMARTS) is 1. The zero-order valence-corrected chi connectivity index (χ0v) is 11.0. The number of carboxylic acids is 1. The molecule has 0 amide bonds. The second kappa shape index (κ2) is 5.17. The quantitative estimate of drug-likeness (QED) is 0.723. The Labute approximate surface area is 112 Å². The molecule has 102 valence electrons. The lowest BCUT2D eigenvalue weighted by atomic mass is 10.3. The summed E-state index contributed by atoms with van der Waals surface area (Å²) in [6.07, 6.45) is 0. The van der Waals surface area contributed by atoms with Crippen LogP contribution in [0.4, 0.5) is 11.4 Å². The highest BCUT2D eigenvalue weighted by atomic mass is 32.2. The molecule has 1 aliphatic rings. The monoisotopic (exact) mass is 303 g/mol. The third-order valence-corrected chi connectivity index (χ3v) is 4.36. The van der Waals surface area contributed by atoms with Gasteiger partial charge in [-0.15, -0.1) is 0 Å². The molecule has 0 spiro atoms. The van der Waals surface area contributed by atoms with Crippen LogP contribution in [0.5, 0.6) is 0 Å². The first-order valence-electron chi connectivity index (χ1n) is 5.03. The lowest BCUT2D eigenvalue weighted by molar-refractivity contribution is -0.139. The van der Waals surface area contributed by atoms with E-state index in [4.69, 9.17) is 10.2 Å². The maximum absolute atomic E-state index is 12.1. The Bertz CT molecular complexity index is 694. The van der Waals surface area contributed by atoms with Crippen molar-refractivity contribution in [3.05, 3.63) is 18.2 Å². The summed E-state index contributed by atoms with van der Waals surface area (Å²) in [4.78, 5) is 10.6. The average molecular weight is 303 g/mol. The van der Waals surface area contributed by atoms with Crippen LogP contribution in [-0.4, -0.2) is 37.2 Å². The molecule has 1 aliphatic heterocycles. The summed E-state index contributed by atoms with van der Waals surface area (Å²) in [5.41, 5.74) is 0.575. The molecule has 8 nitrogen and oxygen atoms in total. The number of sulfonamides is 1. The van der Waals surface area contributed by atoms with Crippen molar-refractivity contribution in [2.24, 2.45) is 8.73 Å². The number of nitrogens with one attached hydrogen (secondary N) is 1. The number of fused-ring (bicyclic) bond motifs is 1. The number of rotatable bonds is 5. The molecule has 1 aromatic rings. The molecule has 0 aromatic heterocycles. The van der Waals surface area contributed by atoms with E-state index in [2.05, 4.69) is 8.73 Å². The molecular formula is C9H9N3O5S2. The van der Waals surface area contributed by atoms with Crippen molar-refractivity contribution in [1.82, 2.24) is 4.72 Å². The second-order valence-electron chi connectivity index (χ2n) is 3.58. The minimum atomic E-state index is -4.10. The summed E-state index contributed by atoms with van der Waals surface area (Å²) in [6.45, 7) is -0.847. The van der Waals surface area contributed by atoms with E-state index in [0.717, 1.165) is 11.4 Å². The minimum absolute atomic E-state index is 0.168. The molecule has 0 aliphatic carbocycles. The zero-order chi connectivity index (χ0) is 14.0. The summed E-state index contributed by atoms with van der Waals surface area (Å²) in [6, 6.07) is 2.76. The van der Waals surface area contributed by atoms with Crippen LogP contribution in [-0.2, 0) is 26.2 Å². The lowest BCUT2D eigenvalue weighted by Crippen LogP contribution is -2.43. The van der Waals surface area contributed by atoms with E-state index in [-0.39, 0.29) is 10.6 Å². The smallest absolute Gasteiger partial charge is 0.324 e. The number of carbonyl (C=O) groups is 1. The first-order valence-corrected chi connectivity index (χ1v) is 7.24. The molecule has 1 atom stereocenters. The number of aliphatic hydroxyl groups excluding tert-OH is 1. The normalized spacial score (nSPS) is 14.8. The van der Waals surface area contributed by atoms with Crippen molar-refractivity contribution < 1.29 is 23.4 Å². The molecule has 19 heavy (non-hydrogen) atoms. The Kier molecular flexibility index (Phi) is 3.75. The molecule has 1 heterocycles. The molecule has 2 rings (SSSR count). The van der Waals surface area contributed by atoms with Crippen molar-refractivity contribution in [3.63, 3.8) is 0 Å². The Balaban J connectivity index is 2.39.